The van der Waals surface area contributed by atoms with Crippen molar-refractivity contribution < 1.29 is 9.59 Å². The predicted molar refractivity (Wildman–Crippen MR) is 74.2 cm³/mol. The summed E-state index contributed by atoms with van der Waals surface area (Å²) in [5.74, 6) is 0.641. The van der Waals surface area contributed by atoms with Crippen molar-refractivity contribution in [2.24, 2.45) is 23.0 Å². The van der Waals surface area contributed by atoms with Gasteiger partial charge in [-0.2, -0.15) is 0 Å². The first kappa shape index (κ1) is 14.4. The van der Waals surface area contributed by atoms with E-state index in [0.717, 1.165) is 32.1 Å². The summed E-state index contributed by atoms with van der Waals surface area (Å²) >= 11 is 0. The molecule has 108 valence electrons. The lowest BCUT2D eigenvalue weighted by molar-refractivity contribution is -0.151. The zero-order valence-corrected chi connectivity index (χ0v) is 12.2. The van der Waals surface area contributed by atoms with E-state index in [1.54, 1.807) is 0 Å². The minimum atomic E-state index is -0.215. The number of piperidine rings is 1. The summed E-state index contributed by atoms with van der Waals surface area (Å²) in [6.45, 7) is 5.78. The van der Waals surface area contributed by atoms with E-state index < -0.39 is 0 Å². The molecule has 4 nitrogen and oxygen atoms in total. The standard InChI is InChI=1S/C15H26N2O2/c1-11(2)10-15(6-3-7-15)14(19)17-8-4-12(5-9-17)13(16)18/h11-12H,3-10H2,1-2H3,(H2,16,18). The minimum Gasteiger partial charge on any atom is -0.369 e. The molecule has 1 aliphatic heterocycles. The first-order valence-corrected chi connectivity index (χ1v) is 7.53. The van der Waals surface area contributed by atoms with Gasteiger partial charge in [-0.05, 0) is 38.0 Å². The van der Waals surface area contributed by atoms with Crippen molar-refractivity contribution in [2.45, 2.75) is 52.4 Å². The summed E-state index contributed by atoms with van der Waals surface area (Å²) in [7, 11) is 0. The van der Waals surface area contributed by atoms with Gasteiger partial charge in [-0.25, -0.2) is 0 Å². The first-order valence-electron chi connectivity index (χ1n) is 7.53. The Kier molecular flexibility index (Phi) is 4.16. The molecule has 1 saturated heterocycles. The number of carbonyl (C=O) groups excluding carboxylic acids is 2. The van der Waals surface area contributed by atoms with Gasteiger partial charge in [0.1, 0.15) is 0 Å². The van der Waals surface area contributed by atoms with Crippen LogP contribution >= 0.6 is 0 Å². The molecule has 2 fully saturated rings. The highest BCUT2D eigenvalue weighted by Crippen LogP contribution is 2.47. The smallest absolute Gasteiger partial charge is 0.228 e. The van der Waals surface area contributed by atoms with Gasteiger partial charge in [0.05, 0.1) is 0 Å². The van der Waals surface area contributed by atoms with Crippen molar-refractivity contribution in [3.05, 3.63) is 0 Å². The van der Waals surface area contributed by atoms with Gasteiger partial charge in [0, 0.05) is 24.4 Å². The number of amides is 2. The highest BCUT2D eigenvalue weighted by Gasteiger charge is 2.46. The van der Waals surface area contributed by atoms with Crippen LogP contribution in [0.2, 0.25) is 0 Å². The fourth-order valence-electron chi connectivity index (χ4n) is 3.59. The predicted octanol–water partition coefficient (Wildman–Crippen LogP) is 1.93. The molecule has 2 amide bonds. The molecule has 2 rings (SSSR count). The molecule has 2 aliphatic rings. The zero-order chi connectivity index (χ0) is 14.0. The summed E-state index contributed by atoms with van der Waals surface area (Å²) in [6, 6.07) is 0. The van der Waals surface area contributed by atoms with Crippen molar-refractivity contribution in [2.75, 3.05) is 13.1 Å². The van der Waals surface area contributed by atoms with E-state index in [1.807, 2.05) is 4.90 Å². The lowest BCUT2D eigenvalue weighted by atomic mass is 9.63. The number of nitrogens with two attached hydrogens (primary N) is 1. The molecule has 1 heterocycles. The van der Waals surface area contributed by atoms with Crippen LogP contribution in [0.5, 0.6) is 0 Å². The summed E-state index contributed by atoms with van der Waals surface area (Å²) < 4.78 is 0. The molecule has 0 aromatic heterocycles. The third-order valence-electron chi connectivity index (χ3n) is 4.75. The fraction of sp³-hybridized carbons (Fsp3) is 0.867. The lowest BCUT2D eigenvalue weighted by Crippen LogP contribution is -2.51. The maximum absolute atomic E-state index is 12.7. The van der Waals surface area contributed by atoms with Gasteiger partial charge in [-0.15, -0.1) is 0 Å². The van der Waals surface area contributed by atoms with Crippen LogP contribution in [0.15, 0.2) is 0 Å². The third-order valence-corrected chi connectivity index (χ3v) is 4.75. The van der Waals surface area contributed by atoms with E-state index in [9.17, 15) is 9.59 Å². The Morgan fingerprint density at radius 3 is 2.21 bits per heavy atom. The lowest BCUT2D eigenvalue weighted by Gasteiger charge is -2.46. The molecule has 2 N–H and O–H groups in total. The molecule has 0 unspecified atom stereocenters. The van der Waals surface area contributed by atoms with Gasteiger partial charge >= 0.3 is 0 Å². The summed E-state index contributed by atoms with van der Waals surface area (Å²) in [6.07, 6.45) is 5.73. The normalized spacial score (nSPS) is 23.2. The van der Waals surface area contributed by atoms with Crippen LogP contribution < -0.4 is 5.73 Å². The Labute approximate surface area is 115 Å². The van der Waals surface area contributed by atoms with Crippen LogP contribution in [0.25, 0.3) is 0 Å². The van der Waals surface area contributed by atoms with Crippen LogP contribution in [-0.4, -0.2) is 29.8 Å². The van der Waals surface area contributed by atoms with Crippen LogP contribution in [0.3, 0.4) is 0 Å². The van der Waals surface area contributed by atoms with Crippen LogP contribution in [-0.2, 0) is 9.59 Å². The van der Waals surface area contributed by atoms with Gasteiger partial charge in [-0.3, -0.25) is 9.59 Å². The Morgan fingerprint density at radius 2 is 1.84 bits per heavy atom. The SMILES string of the molecule is CC(C)CC1(C(=O)N2CCC(C(N)=O)CC2)CCC1. The maximum atomic E-state index is 12.7. The van der Waals surface area contributed by atoms with E-state index in [1.165, 1.54) is 6.42 Å². The summed E-state index contributed by atoms with van der Waals surface area (Å²) in [4.78, 5) is 25.9. The molecule has 0 atom stereocenters. The zero-order valence-electron chi connectivity index (χ0n) is 12.2. The maximum Gasteiger partial charge on any atom is 0.228 e. The monoisotopic (exact) mass is 266 g/mol. The molecule has 19 heavy (non-hydrogen) atoms. The van der Waals surface area contributed by atoms with Crippen LogP contribution in [0.4, 0.5) is 0 Å². The van der Waals surface area contributed by atoms with Gasteiger partial charge in [0.15, 0.2) is 0 Å². The second-order valence-electron chi connectivity index (χ2n) is 6.70. The Morgan fingerprint density at radius 1 is 1.26 bits per heavy atom. The number of rotatable bonds is 4. The van der Waals surface area contributed by atoms with Crippen molar-refractivity contribution in [3.63, 3.8) is 0 Å². The van der Waals surface area contributed by atoms with Crippen LogP contribution in [0, 0.1) is 17.3 Å². The minimum absolute atomic E-state index is 0.0357. The second-order valence-corrected chi connectivity index (χ2v) is 6.70. The van der Waals surface area contributed by atoms with Crippen molar-refractivity contribution in [3.8, 4) is 0 Å². The fourth-order valence-corrected chi connectivity index (χ4v) is 3.59. The van der Waals surface area contributed by atoms with E-state index >= 15 is 0 Å². The molecule has 0 aromatic carbocycles. The van der Waals surface area contributed by atoms with E-state index in [0.29, 0.717) is 24.9 Å². The molecule has 1 saturated carbocycles. The first-order chi connectivity index (χ1) is 8.94. The van der Waals surface area contributed by atoms with E-state index in [4.69, 9.17) is 5.73 Å². The molecule has 0 radical (unpaired) electrons. The average molecular weight is 266 g/mol. The van der Waals surface area contributed by atoms with Crippen molar-refractivity contribution >= 4 is 11.8 Å². The Hall–Kier alpha value is -1.06. The number of primary amides is 1. The number of nitrogens with zero attached hydrogens (tertiary/aromatic N) is 1. The highest BCUT2D eigenvalue weighted by atomic mass is 16.2. The number of carbonyl (C=O) groups is 2. The van der Waals surface area contributed by atoms with E-state index in [-0.39, 0.29) is 17.2 Å². The van der Waals surface area contributed by atoms with Gasteiger partial charge in [0.2, 0.25) is 11.8 Å². The topological polar surface area (TPSA) is 63.4 Å². The Balaban J connectivity index is 1.95. The Bertz CT molecular complexity index is 353. The number of likely N-dealkylation sites (tertiary alicyclic amines) is 1. The second kappa shape index (κ2) is 5.51. The molecular weight excluding hydrogens is 240 g/mol. The number of hydrogen-bond donors (Lipinski definition) is 1. The molecule has 0 bridgehead atoms. The van der Waals surface area contributed by atoms with Gasteiger partial charge in [0.25, 0.3) is 0 Å². The molecular formula is C15H26N2O2. The van der Waals surface area contributed by atoms with Crippen molar-refractivity contribution in [1.29, 1.82) is 0 Å². The van der Waals surface area contributed by atoms with E-state index in [2.05, 4.69) is 13.8 Å². The van der Waals surface area contributed by atoms with Crippen molar-refractivity contribution in [1.82, 2.24) is 4.90 Å². The van der Waals surface area contributed by atoms with Crippen LogP contribution in [0.1, 0.15) is 52.4 Å². The molecule has 1 aliphatic carbocycles. The largest absolute Gasteiger partial charge is 0.369 e. The summed E-state index contributed by atoms with van der Waals surface area (Å²) in [5, 5.41) is 0. The molecule has 0 aromatic rings. The molecule has 4 heteroatoms. The third kappa shape index (κ3) is 2.93. The summed E-state index contributed by atoms with van der Waals surface area (Å²) in [5.41, 5.74) is 5.25. The van der Waals surface area contributed by atoms with Gasteiger partial charge < -0.3 is 10.6 Å². The average Bonchev–Trinajstić information content (AvgIpc) is 2.33. The molecule has 0 spiro atoms. The highest BCUT2D eigenvalue weighted by molar-refractivity contribution is 5.84. The number of hydrogen-bond acceptors (Lipinski definition) is 2. The quantitative estimate of drug-likeness (QED) is 0.845. The van der Waals surface area contributed by atoms with Gasteiger partial charge in [-0.1, -0.05) is 20.3 Å².